The molecule has 0 fully saturated rings. The number of aryl methyl sites for hydroxylation is 2. The number of aromatic amines is 1. The third-order valence-corrected chi connectivity index (χ3v) is 7.40. The molecule has 0 saturated carbocycles. The zero-order valence-corrected chi connectivity index (χ0v) is 20.1. The number of phenols is 1. The number of nitrogens with zero attached hydrogens (tertiary/aromatic N) is 1. The highest BCUT2D eigenvalue weighted by Crippen LogP contribution is 2.38. The molecule has 0 atom stereocenters. The van der Waals surface area contributed by atoms with Gasteiger partial charge < -0.3 is 20.2 Å². The maximum absolute atomic E-state index is 13.2. The number of phenolic OH excluding ortho intramolecular Hbond substituents is 1. The normalized spacial score (nSPS) is 12.8. The van der Waals surface area contributed by atoms with Gasteiger partial charge in [-0.25, -0.2) is 0 Å². The lowest BCUT2D eigenvalue weighted by Gasteiger charge is -2.13. The number of nitrogens with one attached hydrogen (secondary N) is 3. The number of fused-ring (bicyclic) bond motifs is 1. The van der Waals surface area contributed by atoms with E-state index >= 15 is 0 Å². The Morgan fingerprint density at radius 2 is 2.03 bits per heavy atom. The highest BCUT2D eigenvalue weighted by molar-refractivity contribution is 7.17. The van der Waals surface area contributed by atoms with Gasteiger partial charge in [-0.1, -0.05) is 13.0 Å². The molecule has 4 N–H and O–H groups in total. The van der Waals surface area contributed by atoms with E-state index in [1.165, 1.54) is 11.3 Å². The molecule has 0 bridgehead atoms. The molecule has 3 heterocycles. The van der Waals surface area contributed by atoms with Crippen molar-refractivity contribution in [1.29, 1.82) is 0 Å². The fraction of sp³-hybridized carbons (Fsp3) is 0.269. The molecule has 0 aliphatic heterocycles. The van der Waals surface area contributed by atoms with Crippen molar-refractivity contribution in [3.63, 3.8) is 0 Å². The lowest BCUT2D eigenvalue weighted by atomic mass is 9.95. The molecule has 2 amide bonds. The first kappa shape index (κ1) is 22.9. The Hall–Kier alpha value is -3.85. The summed E-state index contributed by atoms with van der Waals surface area (Å²) in [4.78, 5) is 27.4. The van der Waals surface area contributed by atoms with Gasteiger partial charge in [-0.15, -0.1) is 11.3 Å². The first-order valence-corrected chi connectivity index (χ1v) is 12.5. The van der Waals surface area contributed by atoms with Gasteiger partial charge in [0.2, 0.25) is 0 Å². The minimum absolute atomic E-state index is 0.0992. The van der Waals surface area contributed by atoms with E-state index in [0.29, 0.717) is 27.6 Å². The van der Waals surface area contributed by atoms with Crippen LogP contribution in [0.2, 0.25) is 0 Å². The average molecular weight is 491 g/mol. The largest absolute Gasteiger partial charge is 0.507 e. The summed E-state index contributed by atoms with van der Waals surface area (Å²) >= 11 is 1.46. The molecule has 0 spiro atoms. The lowest BCUT2D eigenvalue weighted by molar-refractivity contribution is 0.0948. The molecular weight excluding hydrogens is 464 g/mol. The topological polar surface area (TPSA) is 120 Å². The summed E-state index contributed by atoms with van der Waals surface area (Å²) in [6.45, 7) is 2.30. The molecule has 0 radical (unpaired) electrons. The Balaban J connectivity index is 1.39. The summed E-state index contributed by atoms with van der Waals surface area (Å²) in [7, 11) is 0. The fourth-order valence-electron chi connectivity index (χ4n) is 4.32. The number of carbonyl (C=O) groups excluding carboxylic acids is 2. The van der Waals surface area contributed by atoms with Crippen LogP contribution in [0.25, 0.3) is 11.3 Å². The predicted octanol–water partition coefficient (Wildman–Crippen LogP) is 5.06. The molecule has 35 heavy (non-hydrogen) atoms. The Labute approximate surface area is 206 Å². The molecule has 5 rings (SSSR count). The van der Waals surface area contributed by atoms with Crippen LogP contribution in [0.3, 0.4) is 0 Å². The van der Waals surface area contributed by atoms with Crippen LogP contribution < -0.4 is 10.6 Å². The Kier molecular flexibility index (Phi) is 6.41. The number of benzene rings is 1. The lowest BCUT2D eigenvalue weighted by Crippen LogP contribution is -2.25. The quantitative estimate of drug-likeness (QED) is 0.289. The van der Waals surface area contributed by atoms with E-state index < -0.39 is 5.91 Å². The average Bonchev–Trinajstić information content (AvgIpc) is 3.62. The van der Waals surface area contributed by atoms with Gasteiger partial charge in [0.25, 0.3) is 11.8 Å². The van der Waals surface area contributed by atoms with Crippen LogP contribution in [-0.4, -0.2) is 27.1 Å². The van der Waals surface area contributed by atoms with E-state index in [1.54, 1.807) is 30.5 Å². The maximum Gasteiger partial charge on any atom is 0.274 e. The van der Waals surface area contributed by atoms with Crippen molar-refractivity contribution in [2.75, 3.05) is 5.32 Å². The molecule has 4 aromatic rings. The second-order valence-electron chi connectivity index (χ2n) is 8.50. The molecule has 180 valence electrons. The van der Waals surface area contributed by atoms with Gasteiger partial charge in [0, 0.05) is 10.4 Å². The second-order valence-corrected chi connectivity index (χ2v) is 9.61. The van der Waals surface area contributed by atoms with E-state index in [4.69, 9.17) is 4.42 Å². The zero-order chi connectivity index (χ0) is 24.4. The molecule has 1 aliphatic carbocycles. The van der Waals surface area contributed by atoms with Gasteiger partial charge in [-0.3, -0.25) is 14.7 Å². The first-order valence-electron chi connectivity index (χ1n) is 11.7. The van der Waals surface area contributed by atoms with Crippen LogP contribution in [0.1, 0.15) is 62.4 Å². The summed E-state index contributed by atoms with van der Waals surface area (Å²) < 4.78 is 5.32. The number of carbonyl (C=O) groups is 2. The van der Waals surface area contributed by atoms with Crippen molar-refractivity contribution in [3.05, 3.63) is 75.7 Å². The van der Waals surface area contributed by atoms with Gasteiger partial charge >= 0.3 is 0 Å². The molecule has 0 saturated heterocycles. The summed E-state index contributed by atoms with van der Waals surface area (Å²) in [6.07, 6.45) is 6.18. The number of thiophene rings is 1. The first-order chi connectivity index (χ1) is 17.0. The summed E-state index contributed by atoms with van der Waals surface area (Å²) in [5.74, 6) is 0.131. The van der Waals surface area contributed by atoms with Gasteiger partial charge in [0.15, 0.2) is 0 Å². The molecule has 9 heteroatoms. The van der Waals surface area contributed by atoms with Gasteiger partial charge in [0.1, 0.15) is 22.2 Å². The van der Waals surface area contributed by atoms with Crippen molar-refractivity contribution in [2.45, 2.75) is 45.6 Å². The summed E-state index contributed by atoms with van der Waals surface area (Å²) in [6, 6.07) is 10.5. The fourth-order valence-corrected chi connectivity index (χ4v) is 5.60. The van der Waals surface area contributed by atoms with E-state index in [9.17, 15) is 14.7 Å². The highest BCUT2D eigenvalue weighted by Gasteiger charge is 2.27. The van der Waals surface area contributed by atoms with Crippen molar-refractivity contribution in [3.8, 4) is 17.0 Å². The van der Waals surface area contributed by atoms with Gasteiger partial charge in [-0.05, 0) is 73.6 Å². The third kappa shape index (κ3) is 4.72. The van der Waals surface area contributed by atoms with Crippen LogP contribution in [-0.2, 0) is 25.8 Å². The molecule has 1 aromatic carbocycles. The van der Waals surface area contributed by atoms with Crippen LogP contribution in [0.4, 0.5) is 5.00 Å². The second kappa shape index (κ2) is 9.79. The van der Waals surface area contributed by atoms with Gasteiger partial charge in [-0.2, -0.15) is 5.10 Å². The number of rotatable bonds is 7. The van der Waals surface area contributed by atoms with Gasteiger partial charge in [0.05, 0.1) is 24.1 Å². The minimum Gasteiger partial charge on any atom is -0.507 e. The number of H-pyrrole nitrogens is 1. The van der Waals surface area contributed by atoms with E-state index in [2.05, 4.69) is 20.8 Å². The zero-order valence-electron chi connectivity index (χ0n) is 19.3. The summed E-state index contributed by atoms with van der Waals surface area (Å²) in [5.41, 5.74) is 3.88. The number of amides is 2. The number of aromatic hydroxyl groups is 1. The maximum atomic E-state index is 13.2. The Morgan fingerprint density at radius 3 is 2.83 bits per heavy atom. The predicted molar refractivity (Wildman–Crippen MR) is 134 cm³/mol. The molecular formula is C26H26N4O4S. The van der Waals surface area contributed by atoms with Crippen LogP contribution in [0.15, 0.2) is 47.1 Å². The standard InChI is InChI=1S/C26H26N4O4S/c1-2-15-9-10-21(31)18(12-15)19-13-20(30-29-19)24(32)28-26-23(17-7-3-4-8-22(17)35-26)25(33)27-14-16-6-5-11-34-16/h5-6,9-13,31H,2-4,7-8,14H2,1H3,(H,27,33)(H,28,32)(H,29,30). The summed E-state index contributed by atoms with van der Waals surface area (Å²) in [5, 5.41) is 23.6. The Bertz CT molecular complexity index is 1370. The van der Waals surface area contributed by atoms with Crippen LogP contribution in [0.5, 0.6) is 5.75 Å². The molecule has 0 unspecified atom stereocenters. The minimum atomic E-state index is -0.395. The van der Waals surface area contributed by atoms with Crippen LogP contribution >= 0.6 is 11.3 Å². The SMILES string of the molecule is CCc1ccc(O)c(-c2cc(C(=O)Nc3sc4c(c3C(=O)NCc3ccco3)CCCC4)[nH]n2)c1. The van der Waals surface area contributed by atoms with E-state index in [1.807, 2.05) is 19.1 Å². The molecule has 8 nitrogen and oxygen atoms in total. The van der Waals surface area contributed by atoms with E-state index in [0.717, 1.165) is 48.1 Å². The smallest absolute Gasteiger partial charge is 0.274 e. The van der Waals surface area contributed by atoms with Crippen molar-refractivity contribution in [1.82, 2.24) is 15.5 Å². The number of anilines is 1. The van der Waals surface area contributed by atoms with E-state index in [-0.39, 0.29) is 23.9 Å². The highest BCUT2D eigenvalue weighted by atomic mass is 32.1. The number of aromatic nitrogens is 2. The molecule has 1 aliphatic rings. The number of hydrogen-bond donors (Lipinski definition) is 4. The van der Waals surface area contributed by atoms with Crippen LogP contribution in [0, 0.1) is 0 Å². The molecule has 3 aromatic heterocycles. The third-order valence-electron chi connectivity index (χ3n) is 6.20. The monoisotopic (exact) mass is 490 g/mol. The van der Waals surface area contributed by atoms with Crippen molar-refractivity contribution in [2.24, 2.45) is 0 Å². The number of furan rings is 1. The number of hydrogen-bond acceptors (Lipinski definition) is 6. The van der Waals surface area contributed by atoms with Crippen molar-refractivity contribution < 1.29 is 19.1 Å². The Morgan fingerprint density at radius 1 is 1.17 bits per heavy atom. The van der Waals surface area contributed by atoms with Crippen molar-refractivity contribution >= 4 is 28.2 Å².